The molecular weight excluding hydrogens is 324 g/mol. The Morgan fingerprint density at radius 3 is 2.24 bits per heavy atom. The Balaban J connectivity index is 2.42. The minimum absolute atomic E-state index is 0.114. The van der Waals surface area contributed by atoms with E-state index in [9.17, 15) is 4.79 Å². The van der Waals surface area contributed by atoms with Crippen LogP contribution in [0.4, 0.5) is 11.8 Å². The summed E-state index contributed by atoms with van der Waals surface area (Å²) < 4.78 is 16.0. The van der Waals surface area contributed by atoms with Crippen molar-refractivity contribution in [1.29, 1.82) is 0 Å². The van der Waals surface area contributed by atoms with Gasteiger partial charge >= 0.3 is 5.97 Å². The fraction of sp³-hybridized carbons (Fsp3) is 0.353. The van der Waals surface area contributed by atoms with Crippen LogP contribution in [0.25, 0.3) is 0 Å². The summed E-state index contributed by atoms with van der Waals surface area (Å²) in [7, 11) is 2.96. The number of nitrogens with two attached hydrogens (primary N) is 2. The van der Waals surface area contributed by atoms with Gasteiger partial charge in [-0.2, -0.15) is 4.98 Å². The van der Waals surface area contributed by atoms with Gasteiger partial charge in [0.25, 0.3) is 0 Å². The molecule has 134 valence electrons. The molecule has 2 rings (SSSR count). The number of anilines is 2. The molecule has 0 spiro atoms. The van der Waals surface area contributed by atoms with Crippen molar-refractivity contribution in [2.45, 2.75) is 26.4 Å². The van der Waals surface area contributed by atoms with Crippen molar-refractivity contribution in [1.82, 2.24) is 9.97 Å². The molecule has 1 aromatic carbocycles. The summed E-state index contributed by atoms with van der Waals surface area (Å²) in [6.45, 7) is 3.55. The van der Waals surface area contributed by atoms with Gasteiger partial charge in [-0.05, 0) is 31.5 Å². The van der Waals surface area contributed by atoms with Crippen LogP contribution in [-0.4, -0.2) is 36.3 Å². The second-order valence-corrected chi connectivity index (χ2v) is 5.64. The van der Waals surface area contributed by atoms with E-state index in [1.165, 1.54) is 14.2 Å². The number of rotatable bonds is 6. The minimum Gasteiger partial charge on any atom is -0.496 e. The number of nitrogen functional groups attached to an aromatic ring is 2. The average molecular weight is 346 g/mol. The number of carbonyl (C=O) groups excluding carboxylic acids is 1. The highest BCUT2D eigenvalue weighted by Gasteiger charge is 2.22. The summed E-state index contributed by atoms with van der Waals surface area (Å²) in [6.07, 6.45) is 1.74. The highest BCUT2D eigenvalue weighted by atomic mass is 16.5. The number of nitrogens with zero attached hydrogens (tertiary/aromatic N) is 2. The molecule has 1 aromatic heterocycles. The van der Waals surface area contributed by atoms with Gasteiger partial charge in [-0.25, -0.2) is 9.78 Å². The molecule has 8 heteroatoms. The Morgan fingerprint density at radius 1 is 1.16 bits per heavy atom. The van der Waals surface area contributed by atoms with E-state index in [1.54, 1.807) is 32.2 Å². The van der Waals surface area contributed by atoms with Gasteiger partial charge in [-0.15, -0.1) is 0 Å². The maximum Gasteiger partial charge on any atom is 0.346 e. The molecule has 0 saturated carbocycles. The SMILES string of the molecule is COc1cc(Cc2cnc(N)nc2N)cc(OC)c1C(=O)OC(C)C. The van der Waals surface area contributed by atoms with Crippen LogP contribution < -0.4 is 20.9 Å². The fourth-order valence-corrected chi connectivity index (χ4v) is 2.33. The zero-order valence-corrected chi connectivity index (χ0v) is 14.7. The first-order valence-electron chi connectivity index (χ1n) is 7.68. The second kappa shape index (κ2) is 7.69. The Kier molecular flexibility index (Phi) is 5.63. The molecule has 2 aromatic rings. The van der Waals surface area contributed by atoms with Gasteiger partial charge in [0.2, 0.25) is 5.95 Å². The minimum atomic E-state index is -0.509. The summed E-state index contributed by atoms with van der Waals surface area (Å²) in [5.41, 5.74) is 13.1. The number of carbonyl (C=O) groups is 1. The molecule has 0 aliphatic heterocycles. The van der Waals surface area contributed by atoms with Crippen LogP contribution in [0.3, 0.4) is 0 Å². The lowest BCUT2D eigenvalue weighted by Gasteiger charge is -2.16. The average Bonchev–Trinajstić information content (AvgIpc) is 2.55. The number of aromatic nitrogens is 2. The molecule has 0 aliphatic rings. The predicted molar refractivity (Wildman–Crippen MR) is 93.8 cm³/mol. The molecule has 0 radical (unpaired) electrons. The van der Waals surface area contributed by atoms with E-state index in [0.29, 0.717) is 29.3 Å². The van der Waals surface area contributed by atoms with Crippen LogP contribution in [-0.2, 0) is 11.2 Å². The highest BCUT2D eigenvalue weighted by Crippen LogP contribution is 2.32. The third-order valence-electron chi connectivity index (χ3n) is 3.42. The molecule has 25 heavy (non-hydrogen) atoms. The summed E-state index contributed by atoms with van der Waals surface area (Å²) in [5, 5.41) is 0. The molecule has 1 heterocycles. The first-order valence-corrected chi connectivity index (χ1v) is 7.68. The lowest BCUT2D eigenvalue weighted by molar-refractivity contribution is 0.0370. The monoisotopic (exact) mass is 346 g/mol. The highest BCUT2D eigenvalue weighted by molar-refractivity contribution is 5.96. The van der Waals surface area contributed by atoms with E-state index in [2.05, 4.69) is 9.97 Å². The second-order valence-electron chi connectivity index (χ2n) is 5.64. The van der Waals surface area contributed by atoms with Crippen LogP contribution in [0, 0.1) is 0 Å². The van der Waals surface area contributed by atoms with Crippen molar-refractivity contribution in [2.75, 3.05) is 25.7 Å². The summed E-state index contributed by atoms with van der Waals surface area (Å²) in [4.78, 5) is 20.2. The van der Waals surface area contributed by atoms with Crippen LogP contribution in [0.1, 0.15) is 35.3 Å². The Bertz CT molecular complexity index is 752. The Hall–Kier alpha value is -3.03. The lowest BCUT2D eigenvalue weighted by Crippen LogP contribution is -2.14. The zero-order valence-electron chi connectivity index (χ0n) is 14.7. The predicted octanol–water partition coefficient (Wildman–Crippen LogP) is 1.81. The standard InChI is InChI=1S/C17H22N4O4/c1-9(2)25-16(22)14-12(23-3)6-10(7-13(14)24-4)5-11-8-20-17(19)21-15(11)18/h6-9H,5H2,1-4H3,(H4,18,19,20,21). The van der Waals surface area contributed by atoms with Gasteiger partial charge in [-0.1, -0.05) is 0 Å². The third-order valence-corrected chi connectivity index (χ3v) is 3.42. The van der Waals surface area contributed by atoms with Gasteiger partial charge in [0.15, 0.2) is 0 Å². The van der Waals surface area contributed by atoms with Crippen molar-refractivity contribution in [2.24, 2.45) is 0 Å². The number of benzene rings is 1. The molecule has 0 bridgehead atoms. The first kappa shape index (κ1) is 18.3. The molecular formula is C17H22N4O4. The van der Waals surface area contributed by atoms with E-state index < -0.39 is 5.97 Å². The quantitative estimate of drug-likeness (QED) is 0.759. The van der Waals surface area contributed by atoms with Crippen molar-refractivity contribution >= 4 is 17.7 Å². The summed E-state index contributed by atoms with van der Waals surface area (Å²) >= 11 is 0. The van der Waals surface area contributed by atoms with Crippen molar-refractivity contribution in [3.05, 3.63) is 35.0 Å². The van der Waals surface area contributed by atoms with Crippen molar-refractivity contribution in [3.63, 3.8) is 0 Å². The Morgan fingerprint density at radius 2 is 1.76 bits per heavy atom. The van der Waals surface area contributed by atoms with E-state index in [4.69, 9.17) is 25.7 Å². The van der Waals surface area contributed by atoms with Gasteiger partial charge in [-0.3, -0.25) is 0 Å². The Labute approximate surface area is 146 Å². The molecule has 0 atom stereocenters. The fourth-order valence-electron chi connectivity index (χ4n) is 2.33. The van der Waals surface area contributed by atoms with Gasteiger partial charge < -0.3 is 25.7 Å². The number of esters is 1. The zero-order chi connectivity index (χ0) is 18.6. The van der Waals surface area contributed by atoms with Gasteiger partial charge in [0.05, 0.1) is 20.3 Å². The van der Waals surface area contributed by atoms with Crippen LogP contribution in [0.15, 0.2) is 18.3 Å². The number of hydrogen-bond donors (Lipinski definition) is 2. The maximum atomic E-state index is 12.3. The largest absolute Gasteiger partial charge is 0.496 e. The number of methoxy groups -OCH3 is 2. The molecule has 0 unspecified atom stereocenters. The molecule has 0 aliphatic carbocycles. The van der Waals surface area contributed by atoms with E-state index >= 15 is 0 Å². The maximum absolute atomic E-state index is 12.3. The lowest BCUT2D eigenvalue weighted by atomic mass is 10.0. The normalized spacial score (nSPS) is 10.6. The van der Waals surface area contributed by atoms with Crippen LogP contribution >= 0.6 is 0 Å². The van der Waals surface area contributed by atoms with Crippen LogP contribution in [0.5, 0.6) is 11.5 Å². The molecule has 0 amide bonds. The molecule has 4 N–H and O–H groups in total. The van der Waals surface area contributed by atoms with E-state index in [1.807, 2.05) is 0 Å². The molecule has 0 fully saturated rings. The van der Waals surface area contributed by atoms with Crippen molar-refractivity contribution < 1.29 is 19.0 Å². The van der Waals surface area contributed by atoms with E-state index in [0.717, 1.165) is 5.56 Å². The van der Waals surface area contributed by atoms with Gasteiger partial charge in [0.1, 0.15) is 22.9 Å². The smallest absolute Gasteiger partial charge is 0.346 e. The number of hydrogen-bond acceptors (Lipinski definition) is 8. The van der Waals surface area contributed by atoms with Crippen molar-refractivity contribution in [3.8, 4) is 11.5 Å². The third kappa shape index (κ3) is 4.28. The molecule has 0 saturated heterocycles. The first-order chi connectivity index (χ1) is 11.8. The summed E-state index contributed by atoms with van der Waals surface area (Å²) in [6, 6.07) is 3.46. The van der Waals surface area contributed by atoms with Gasteiger partial charge in [0, 0.05) is 18.2 Å². The van der Waals surface area contributed by atoms with Crippen LogP contribution in [0.2, 0.25) is 0 Å². The topological polar surface area (TPSA) is 123 Å². The summed E-state index contributed by atoms with van der Waals surface area (Å²) in [5.74, 6) is 0.618. The number of ether oxygens (including phenoxy) is 3. The van der Waals surface area contributed by atoms with E-state index in [-0.39, 0.29) is 17.6 Å². The molecule has 8 nitrogen and oxygen atoms in total.